The van der Waals surface area contributed by atoms with Crippen LogP contribution in [0.1, 0.15) is 30.1 Å². The molecule has 1 aliphatic rings. The molecule has 0 atom stereocenters. The molecule has 7 nitrogen and oxygen atoms in total. The Morgan fingerprint density at radius 3 is 2.50 bits per heavy atom. The first kappa shape index (κ1) is 13.5. The van der Waals surface area contributed by atoms with E-state index in [0.29, 0.717) is 0 Å². The predicted molar refractivity (Wildman–Crippen MR) is 49.8 cm³/mol. The maximum absolute atomic E-state index is 8.49. The number of nitrogens with zero attached hydrogens (tertiary/aromatic N) is 3. The Labute approximate surface area is 109 Å². The highest BCUT2D eigenvalue weighted by Crippen LogP contribution is 2.39. The molecule has 2 heterocycles. The number of aryl methyl sites for hydroxylation is 1. The Kier molecular flexibility index (Phi) is 3.76. The molecule has 0 radical (unpaired) electrons. The van der Waals surface area contributed by atoms with Crippen LogP contribution in [0.15, 0.2) is 11.6 Å². The second-order valence-corrected chi connectivity index (χ2v) is 5.48. The lowest BCUT2D eigenvalue weighted by atomic mass is 10.2. The highest BCUT2D eigenvalue weighted by molar-refractivity contribution is 7.14. The highest BCUT2D eigenvalue weighted by atomic mass is 35.7. The molecule has 9 heteroatoms. The summed E-state index contributed by atoms with van der Waals surface area (Å²) in [6.45, 7) is 2.08. The van der Waals surface area contributed by atoms with Crippen molar-refractivity contribution in [1.29, 1.82) is 0 Å². The molecule has 0 aliphatic heterocycles. The van der Waals surface area contributed by atoms with E-state index in [1.807, 2.05) is 10.0 Å². The van der Waals surface area contributed by atoms with Crippen molar-refractivity contribution >= 4 is 16.3 Å². The van der Waals surface area contributed by atoms with Gasteiger partial charge in [0.25, 0.3) is 0 Å². The van der Waals surface area contributed by atoms with Gasteiger partial charge in [0, 0.05) is 18.9 Å². The minimum absolute atomic E-state index is 0.728. The molecule has 1 aliphatic carbocycles. The molecular weight excluding hydrogens is 282 g/mol. The fraction of sp³-hybridized carbons (Fsp3) is 0.444. The van der Waals surface area contributed by atoms with Crippen LogP contribution in [0.4, 0.5) is 0 Å². The van der Waals surface area contributed by atoms with Gasteiger partial charge in [-0.15, -0.1) is 10.2 Å². The molecule has 0 unspecified atom stereocenters. The van der Waals surface area contributed by atoms with Crippen molar-refractivity contribution in [3.05, 3.63) is 23.0 Å². The smallest absolute Gasteiger partial charge is 0.222 e. The van der Waals surface area contributed by atoms with E-state index < -0.39 is 10.2 Å². The topological polar surface area (TPSA) is 122 Å². The third-order valence-electron chi connectivity index (χ3n) is 2.41. The molecule has 0 saturated heterocycles. The Bertz CT molecular complexity index is 546. The van der Waals surface area contributed by atoms with Gasteiger partial charge in [-0.25, -0.2) is 18.6 Å². The number of halogens is 1. The number of fused-ring (bicyclic) bond motifs is 1. The van der Waals surface area contributed by atoms with E-state index in [2.05, 4.69) is 23.1 Å². The van der Waals surface area contributed by atoms with Gasteiger partial charge in [-0.2, -0.15) is 0 Å². The van der Waals surface area contributed by atoms with Crippen molar-refractivity contribution < 1.29 is 33.4 Å². The summed E-state index contributed by atoms with van der Waals surface area (Å²) in [5, 5.41) is 4.21. The van der Waals surface area contributed by atoms with Crippen LogP contribution in [0.2, 0.25) is 0 Å². The molecule has 18 heavy (non-hydrogen) atoms. The average Bonchev–Trinajstić information content (AvgIpc) is 2.95. The number of hydrogen-bond donors (Lipinski definition) is 0. The van der Waals surface area contributed by atoms with Gasteiger partial charge < -0.3 is 0 Å². The maximum Gasteiger partial charge on any atom is 0.409 e. The molecule has 2 aromatic heterocycles. The quantitative estimate of drug-likeness (QED) is 0.507. The molecule has 1 fully saturated rings. The van der Waals surface area contributed by atoms with Crippen LogP contribution >= 0.6 is 11.3 Å². The molecule has 0 aromatic carbocycles. The normalized spacial score (nSPS) is 15.4. The van der Waals surface area contributed by atoms with Crippen molar-refractivity contribution in [3.63, 3.8) is 0 Å². The molecular formula is C9H10ClN3O4S. The summed E-state index contributed by atoms with van der Waals surface area (Å²) in [5.41, 5.74) is 4.28. The summed E-state index contributed by atoms with van der Waals surface area (Å²) in [4.78, 5) is 5.59. The van der Waals surface area contributed by atoms with Gasteiger partial charge in [0.1, 0.15) is 11.2 Å². The second kappa shape index (κ2) is 5.00. The van der Waals surface area contributed by atoms with E-state index in [1.54, 1.807) is 11.3 Å². The molecule has 0 amide bonds. The van der Waals surface area contributed by atoms with Crippen LogP contribution in [0.5, 0.6) is 0 Å². The summed E-state index contributed by atoms with van der Waals surface area (Å²) in [6, 6.07) is 2.16. The van der Waals surface area contributed by atoms with Crippen molar-refractivity contribution in [2.24, 2.45) is 0 Å². The van der Waals surface area contributed by atoms with Crippen LogP contribution in [0.25, 0.3) is 4.96 Å². The van der Waals surface area contributed by atoms with Crippen LogP contribution in [0.3, 0.4) is 0 Å². The van der Waals surface area contributed by atoms with Crippen molar-refractivity contribution in [3.8, 4) is 0 Å². The summed E-state index contributed by atoms with van der Waals surface area (Å²) in [6.07, 6.45) is 2.61. The summed E-state index contributed by atoms with van der Waals surface area (Å²) < 4.78 is 35.9. The van der Waals surface area contributed by atoms with Crippen LogP contribution in [-0.2, 0) is 0 Å². The lowest BCUT2D eigenvalue weighted by Gasteiger charge is -2.17. The summed E-state index contributed by atoms with van der Waals surface area (Å²) in [5.74, 6) is 0.728. The van der Waals surface area contributed by atoms with Crippen LogP contribution < -0.4 is 23.2 Å². The molecule has 98 valence electrons. The zero-order chi connectivity index (χ0) is 13.3. The minimum Gasteiger partial charge on any atom is -0.222 e. The lowest BCUT2D eigenvalue weighted by Crippen LogP contribution is -2.68. The van der Waals surface area contributed by atoms with Gasteiger partial charge in [0.15, 0.2) is 5.69 Å². The van der Waals surface area contributed by atoms with E-state index in [1.165, 1.54) is 24.2 Å². The molecule has 0 spiro atoms. The first-order valence-corrected chi connectivity index (χ1v) is 7.21. The largest absolute Gasteiger partial charge is 0.409 e. The van der Waals surface area contributed by atoms with E-state index in [-0.39, 0.29) is 0 Å². The van der Waals surface area contributed by atoms with E-state index in [4.69, 9.17) is 18.6 Å². The molecule has 3 rings (SSSR count). The van der Waals surface area contributed by atoms with Gasteiger partial charge in [-0.3, -0.25) is 0 Å². The van der Waals surface area contributed by atoms with Gasteiger partial charge in [-0.05, 0) is 29.2 Å². The van der Waals surface area contributed by atoms with Crippen LogP contribution in [-0.4, -0.2) is 10.1 Å². The standard InChI is InChI=1S/C9H10N3S.ClHO4/c1-6-4-8(7-2-3-7)11-9-12(6)10-5-13-9;2-1(3,4)5/h4-5,7H,2-3H2,1H3;(H,2,3,4,5)/q+1;/p-1. The van der Waals surface area contributed by atoms with Gasteiger partial charge >= 0.3 is 4.96 Å². The van der Waals surface area contributed by atoms with Gasteiger partial charge in [0.2, 0.25) is 0 Å². The summed E-state index contributed by atoms with van der Waals surface area (Å²) >= 11 is 1.60. The fourth-order valence-corrected chi connectivity index (χ4v) is 2.22. The zero-order valence-electron chi connectivity index (χ0n) is 9.41. The second-order valence-electron chi connectivity index (χ2n) is 3.91. The maximum atomic E-state index is 8.49. The Morgan fingerprint density at radius 1 is 1.33 bits per heavy atom. The molecule has 2 aromatic rings. The Morgan fingerprint density at radius 2 is 1.94 bits per heavy atom. The van der Waals surface area contributed by atoms with Crippen molar-refractivity contribution in [1.82, 2.24) is 10.1 Å². The van der Waals surface area contributed by atoms with Gasteiger partial charge in [-0.1, -0.05) is 9.61 Å². The Balaban J connectivity index is 0.000000209. The fourth-order valence-electron chi connectivity index (χ4n) is 1.54. The van der Waals surface area contributed by atoms with E-state index in [9.17, 15) is 0 Å². The highest BCUT2D eigenvalue weighted by Gasteiger charge is 2.30. The average molecular weight is 292 g/mol. The van der Waals surface area contributed by atoms with E-state index in [0.717, 1.165) is 10.9 Å². The predicted octanol–water partition coefficient (Wildman–Crippen LogP) is -3.29. The SMILES string of the molecule is Cc1cc(C2CC2)nc2scn[n+]12.[O-][Cl+3]([O-])([O-])[O-]. The van der Waals surface area contributed by atoms with Gasteiger partial charge in [0.05, 0.1) is 0 Å². The third kappa shape index (κ3) is 3.80. The van der Waals surface area contributed by atoms with E-state index >= 15 is 0 Å². The van der Waals surface area contributed by atoms with Crippen molar-refractivity contribution in [2.45, 2.75) is 25.7 Å². The van der Waals surface area contributed by atoms with Crippen molar-refractivity contribution in [2.75, 3.05) is 0 Å². The monoisotopic (exact) mass is 291 g/mol. The van der Waals surface area contributed by atoms with Crippen LogP contribution in [0, 0.1) is 17.2 Å². The minimum atomic E-state index is -4.94. The lowest BCUT2D eigenvalue weighted by molar-refractivity contribution is -2.00. The number of aromatic nitrogens is 3. The third-order valence-corrected chi connectivity index (χ3v) is 3.09. The zero-order valence-corrected chi connectivity index (χ0v) is 11.0. The number of hydrogen-bond acceptors (Lipinski definition) is 7. The molecule has 0 N–H and O–H groups in total. The first-order valence-electron chi connectivity index (χ1n) is 5.09. The molecule has 0 bridgehead atoms. The molecule has 1 saturated carbocycles. The Hall–Kier alpha value is -0.900. The first-order chi connectivity index (χ1) is 8.34. The number of rotatable bonds is 1. The summed E-state index contributed by atoms with van der Waals surface area (Å²) in [7, 11) is -4.94.